The molecule has 0 aromatic heterocycles. The van der Waals surface area contributed by atoms with Crippen LogP contribution in [-0.2, 0) is 6.54 Å². The number of hydrogen-bond donors (Lipinski definition) is 2. The van der Waals surface area contributed by atoms with Gasteiger partial charge in [-0.1, -0.05) is 6.92 Å². The van der Waals surface area contributed by atoms with Crippen molar-refractivity contribution in [1.82, 2.24) is 15.1 Å². The molecule has 0 radical (unpaired) electrons. The summed E-state index contributed by atoms with van der Waals surface area (Å²) < 4.78 is 2.09. The predicted octanol–water partition coefficient (Wildman–Crippen LogP) is 2.72. The molecule has 1 saturated heterocycles. The smallest absolute Gasteiger partial charge is 0.133 e. The lowest BCUT2D eigenvalue weighted by Crippen LogP contribution is -2.51. The first kappa shape index (κ1) is 18.7. The van der Waals surface area contributed by atoms with E-state index in [0.29, 0.717) is 11.8 Å². The summed E-state index contributed by atoms with van der Waals surface area (Å²) in [6, 6.07) is 4.58. The molecule has 22 heavy (non-hydrogen) atoms. The Hall–Kier alpha value is 0.360. The van der Waals surface area contributed by atoms with Gasteiger partial charge >= 0.3 is 0 Å². The van der Waals surface area contributed by atoms with Crippen molar-refractivity contribution in [2.45, 2.75) is 26.4 Å². The Bertz CT molecular complexity index is 491. The zero-order valence-corrected chi connectivity index (χ0v) is 17.6. The quantitative estimate of drug-likeness (QED) is 0.557. The number of rotatable bonds is 6. The second-order valence-corrected chi connectivity index (χ2v) is 8.25. The fraction of sp³-hybridized carbons (Fsp3) is 0.625. The van der Waals surface area contributed by atoms with Crippen LogP contribution in [0.3, 0.4) is 0 Å². The van der Waals surface area contributed by atoms with E-state index in [1.165, 1.54) is 16.7 Å². The van der Waals surface area contributed by atoms with E-state index in [4.69, 9.17) is 0 Å². The SMILES string of the molecule is CCN1CCN([C@@H](C)CNCc2cc(I)cc(I)c2O)CC1. The number of nitrogens with zero attached hydrogens (tertiary/aromatic N) is 2. The van der Waals surface area contributed by atoms with Crippen molar-refractivity contribution >= 4 is 45.2 Å². The Kier molecular flexibility index (Phi) is 7.65. The molecule has 4 nitrogen and oxygen atoms in total. The minimum absolute atomic E-state index is 0.415. The van der Waals surface area contributed by atoms with Gasteiger partial charge in [0.25, 0.3) is 0 Å². The fourth-order valence-electron chi connectivity index (χ4n) is 2.82. The summed E-state index contributed by atoms with van der Waals surface area (Å²) >= 11 is 4.48. The van der Waals surface area contributed by atoms with Gasteiger partial charge in [0.2, 0.25) is 0 Å². The van der Waals surface area contributed by atoms with E-state index < -0.39 is 0 Å². The van der Waals surface area contributed by atoms with E-state index in [1.807, 2.05) is 6.07 Å². The topological polar surface area (TPSA) is 38.7 Å². The molecule has 0 bridgehead atoms. The van der Waals surface area contributed by atoms with E-state index in [9.17, 15) is 5.11 Å². The fourth-order valence-corrected chi connectivity index (χ4v) is 4.78. The number of piperazine rings is 1. The van der Waals surface area contributed by atoms with Crippen LogP contribution in [0.4, 0.5) is 0 Å². The van der Waals surface area contributed by atoms with Gasteiger partial charge in [0.05, 0.1) is 3.57 Å². The molecule has 1 atom stereocenters. The van der Waals surface area contributed by atoms with Crippen molar-refractivity contribution in [3.05, 3.63) is 24.8 Å². The summed E-state index contributed by atoms with van der Waals surface area (Å²) in [7, 11) is 0. The minimum atomic E-state index is 0.415. The summed E-state index contributed by atoms with van der Waals surface area (Å²) in [6.45, 7) is 12.0. The lowest BCUT2D eigenvalue weighted by atomic mass is 10.2. The molecule has 0 unspecified atom stereocenters. The average molecular weight is 529 g/mol. The molecule has 0 aliphatic carbocycles. The Morgan fingerprint density at radius 3 is 2.55 bits per heavy atom. The average Bonchev–Trinajstić information content (AvgIpc) is 2.51. The molecule has 2 N–H and O–H groups in total. The maximum atomic E-state index is 10.1. The second-order valence-electron chi connectivity index (χ2n) is 5.85. The summed E-state index contributed by atoms with van der Waals surface area (Å²) in [4.78, 5) is 5.06. The monoisotopic (exact) mass is 529 g/mol. The molecule has 1 aliphatic rings. The third-order valence-electron chi connectivity index (χ3n) is 4.34. The summed E-state index contributed by atoms with van der Waals surface area (Å²) in [6.07, 6.45) is 0. The normalized spacial score (nSPS) is 18.5. The first-order chi connectivity index (χ1) is 10.5. The molecule has 2 rings (SSSR count). The third kappa shape index (κ3) is 5.19. The Morgan fingerprint density at radius 1 is 1.23 bits per heavy atom. The molecule has 0 spiro atoms. The van der Waals surface area contributed by atoms with E-state index in [1.54, 1.807) is 0 Å². The van der Waals surface area contributed by atoms with Crippen LogP contribution >= 0.6 is 45.2 Å². The van der Waals surface area contributed by atoms with Gasteiger partial charge in [-0.05, 0) is 70.8 Å². The highest BCUT2D eigenvalue weighted by atomic mass is 127. The van der Waals surface area contributed by atoms with Crippen molar-refractivity contribution in [3.8, 4) is 5.75 Å². The van der Waals surface area contributed by atoms with Crippen molar-refractivity contribution in [1.29, 1.82) is 0 Å². The van der Waals surface area contributed by atoms with Gasteiger partial charge in [0.1, 0.15) is 5.75 Å². The zero-order chi connectivity index (χ0) is 16.1. The van der Waals surface area contributed by atoms with Gasteiger partial charge < -0.3 is 15.3 Å². The number of phenols is 1. The van der Waals surface area contributed by atoms with Crippen molar-refractivity contribution in [2.24, 2.45) is 0 Å². The molecule has 1 aromatic carbocycles. The van der Waals surface area contributed by atoms with E-state index >= 15 is 0 Å². The number of nitrogens with one attached hydrogen (secondary N) is 1. The molecular weight excluding hydrogens is 504 g/mol. The lowest BCUT2D eigenvalue weighted by molar-refractivity contribution is 0.105. The van der Waals surface area contributed by atoms with Crippen molar-refractivity contribution < 1.29 is 5.11 Å². The largest absolute Gasteiger partial charge is 0.507 e. The van der Waals surface area contributed by atoms with Crippen molar-refractivity contribution in [3.63, 3.8) is 0 Å². The van der Waals surface area contributed by atoms with E-state index in [2.05, 4.69) is 80.2 Å². The Balaban J connectivity index is 1.79. The van der Waals surface area contributed by atoms with Crippen LogP contribution in [0.5, 0.6) is 5.75 Å². The highest BCUT2D eigenvalue weighted by Gasteiger charge is 2.19. The first-order valence-electron chi connectivity index (χ1n) is 7.85. The number of likely N-dealkylation sites (N-methyl/N-ethyl adjacent to an activating group) is 1. The van der Waals surface area contributed by atoms with Gasteiger partial charge in [-0.3, -0.25) is 4.90 Å². The minimum Gasteiger partial charge on any atom is -0.507 e. The van der Waals surface area contributed by atoms with Crippen LogP contribution in [0.1, 0.15) is 19.4 Å². The molecule has 1 aliphatic heterocycles. The number of halogens is 2. The molecule has 1 fully saturated rings. The molecule has 1 heterocycles. The van der Waals surface area contributed by atoms with Gasteiger partial charge in [0.15, 0.2) is 0 Å². The van der Waals surface area contributed by atoms with E-state index in [0.717, 1.165) is 41.9 Å². The Morgan fingerprint density at radius 2 is 1.91 bits per heavy atom. The number of phenolic OH excluding ortho intramolecular Hbond substituents is 1. The van der Waals surface area contributed by atoms with Crippen LogP contribution in [0.15, 0.2) is 12.1 Å². The number of aromatic hydroxyl groups is 1. The zero-order valence-electron chi connectivity index (χ0n) is 13.3. The standard InChI is InChI=1S/C16H25I2N3O/c1-3-20-4-6-21(7-5-20)12(2)10-19-11-13-8-14(17)9-15(18)16(13)22/h8-9,12,19,22H,3-7,10-11H2,1-2H3/t12-/m0/s1. The third-order valence-corrected chi connectivity index (χ3v) is 5.78. The summed E-state index contributed by atoms with van der Waals surface area (Å²) in [5, 5.41) is 13.6. The highest BCUT2D eigenvalue weighted by Crippen LogP contribution is 2.26. The molecule has 0 amide bonds. The van der Waals surface area contributed by atoms with Crippen LogP contribution in [0, 0.1) is 7.14 Å². The number of benzene rings is 1. The summed E-state index contributed by atoms with van der Waals surface area (Å²) in [5.74, 6) is 0.415. The van der Waals surface area contributed by atoms with Gasteiger partial charge in [-0.2, -0.15) is 0 Å². The lowest BCUT2D eigenvalue weighted by Gasteiger charge is -2.37. The van der Waals surface area contributed by atoms with Gasteiger partial charge in [0, 0.05) is 54.4 Å². The maximum Gasteiger partial charge on any atom is 0.133 e. The van der Waals surface area contributed by atoms with Crippen LogP contribution in [-0.4, -0.2) is 60.2 Å². The molecule has 1 aromatic rings. The molecule has 124 valence electrons. The first-order valence-corrected chi connectivity index (χ1v) is 10.0. The van der Waals surface area contributed by atoms with Crippen molar-refractivity contribution in [2.75, 3.05) is 39.3 Å². The number of hydrogen-bond acceptors (Lipinski definition) is 4. The van der Waals surface area contributed by atoms with Crippen LogP contribution < -0.4 is 5.32 Å². The second kappa shape index (κ2) is 9.00. The highest BCUT2D eigenvalue weighted by molar-refractivity contribution is 14.1. The van der Waals surface area contributed by atoms with Gasteiger partial charge in [-0.25, -0.2) is 0 Å². The molecule has 6 heteroatoms. The predicted molar refractivity (Wildman–Crippen MR) is 108 cm³/mol. The Labute approximate surface area is 160 Å². The summed E-state index contributed by atoms with van der Waals surface area (Å²) in [5.41, 5.74) is 0.985. The van der Waals surface area contributed by atoms with Gasteiger partial charge in [-0.15, -0.1) is 0 Å². The van der Waals surface area contributed by atoms with E-state index in [-0.39, 0.29) is 0 Å². The maximum absolute atomic E-state index is 10.1. The molecule has 0 saturated carbocycles. The van der Waals surface area contributed by atoms with Crippen LogP contribution in [0.2, 0.25) is 0 Å². The van der Waals surface area contributed by atoms with Crippen LogP contribution in [0.25, 0.3) is 0 Å². The molecular formula is C16H25I2N3O.